The molecule has 1 saturated heterocycles. The van der Waals surface area contributed by atoms with E-state index < -0.39 is 23.8 Å². The van der Waals surface area contributed by atoms with E-state index >= 15 is 0 Å². The number of morpholine rings is 1. The number of imide groups is 1. The van der Waals surface area contributed by atoms with Crippen molar-refractivity contribution in [2.24, 2.45) is 5.92 Å². The number of carboxylic acid groups (broad SMARTS) is 1. The first-order chi connectivity index (χ1) is 8.61. The molecule has 2 aliphatic rings. The smallest absolute Gasteiger partial charge is 0.327 e. The molecule has 2 rings (SSSR count). The molecule has 0 spiro atoms. The Bertz CT molecular complexity index is 345. The van der Waals surface area contributed by atoms with Gasteiger partial charge in [0.05, 0.1) is 0 Å². The van der Waals surface area contributed by atoms with E-state index in [9.17, 15) is 19.5 Å². The third-order valence-electron chi connectivity index (χ3n) is 3.62. The molecular formula is C12H17NO5. The summed E-state index contributed by atoms with van der Waals surface area (Å²) in [6.07, 6.45) is 4.53. The first-order valence-electron chi connectivity index (χ1n) is 6.26. The minimum atomic E-state index is -1.09. The van der Waals surface area contributed by atoms with Crippen LogP contribution in [0.15, 0.2) is 0 Å². The SMILES string of the molecule is O=C(O)C(C1CCCCC1)N1C(=O)COCC1=O. The molecule has 1 unspecified atom stereocenters. The van der Waals surface area contributed by atoms with Crippen molar-refractivity contribution in [3.8, 4) is 0 Å². The van der Waals surface area contributed by atoms with Crippen molar-refractivity contribution in [3.63, 3.8) is 0 Å². The molecule has 2 fully saturated rings. The molecule has 6 nitrogen and oxygen atoms in total. The summed E-state index contributed by atoms with van der Waals surface area (Å²) in [7, 11) is 0. The molecule has 1 atom stereocenters. The second-order valence-electron chi connectivity index (χ2n) is 4.83. The van der Waals surface area contributed by atoms with Crippen LogP contribution in [0.25, 0.3) is 0 Å². The van der Waals surface area contributed by atoms with E-state index in [0.717, 1.165) is 37.0 Å². The van der Waals surface area contributed by atoms with Gasteiger partial charge in [-0.3, -0.25) is 14.5 Å². The van der Waals surface area contributed by atoms with Crippen molar-refractivity contribution < 1.29 is 24.2 Å². The van der Waals surface area contributed by atoms with Gasteiger partial charge >= 0.3 is 5.97 Å². The van der Waals surface area contributed by atoms with E-state index in [4.69, 9.17) is 4.74 Å². The van der Waals surface area contributed by atoms with Gasteiger partial charge in [0.15, 0.2) is 0 Å². The van der Waals surface area contributed by atoms with Gasteiger partial charge in [-0.05, 0) is 18.8 Å². The Morgan fingerprint density at radius 3 is 2.22 bits per heavy atom. The van der Waals surface area contributed by atoms with Crippen LogP contribution in [0.2, 0.25) is 0 Å². The van der Waals surface area contributed by atoms with E-state index in [-0.39, 0.29) is 19.1 Å². The Hall–Kier alpha value is -1.43. The number of carbonyl (C=O) groups is 3. The summed E-state index contributed by atoms with van der Waals surface area (Å²) in [6, 6.07) is -1.02. The maximum absolute atomic E-state index is 11.7. The molecule has 6 heteroatoms. The average molecular weight is 255 g/mol. The Balaban J connectivity index is 2.19. The van der Waals surface area contributed by atoms with Crippen LogP contribution in [-0.4, -0.2) is 47.0 Å². The zero-order chi connectivity index (χ0) is 13.1. The van der Waals surface area contributed by atoms with Gasteiger partial charge in [-0.1, -0.05) is 19.3 Å². The topological polar surface area (TPSA) is 83.9 Å². The van der Waals surface area contributed by atoms with Gasteiger partial charge in [-0.2, -0.15) is 0 Å². The van der Waals surface area contributed by atoms with Crippen LogP contribution in [0.4, 0.5) is 0 Å². The van der Waals surface area contributed by atoms with Crippen molar-refractivity contribution in [3.05, 3.63) is 0 Å². The molecule has 18 heavy (non-hydrogen) atoms. The van der Waals surface area contributed by atoms with Crippen LogP contribution in [0.5, 0.6) is 0 Å². The fourth-order valence-corrected chi connectivity index (χ4v) is 2.79. The van der Waals surface area contributed by atoms with E-state index in [1.165, 1.54) is 0 Å². The predicted octanol–water partition coefficient (Wildman–Crippen LogP) is 0.405. The number of aliphatic carboxylic acids is 1. The Labute approximate surface area is 105 Å². The number of rotatable bonds is 3. The number of carboxylic acids is 1. The molecule has 1 aliphatic carbocycles. The maximum atomic E-state index is 11.7. The zero-order valence-corrected chi connectivity index (χ0v) is 10.1. The summed E-state index contributed by atoms with van der Waals surface area (Å²) in [6.45, 7) is -0.412. The standard InChI is InChI=1S/C12H17NO5/c14-9-6-18-7-10(15)13(9)11(12(16)17)8-4-2-1-3-5-8/h8,11H,1-7H2,(H,16,17). The largest absolute Gasteiger partial charge is 0.480 e. The second-order valence-corrected chi connectivity index (χ2v) is 4.83. The Morgan fingerprint density at radius 2 is 1.72 bits per heavy atom. The summed E-state index contributed by atoms with van der Waals surface area (Å²) in [4.78, 5) is 35.7. The van der Waals surface area contributed by atoms with Gasteiger partial charge in [0.2, 0.25) is 0 Å². The van der Waals surface area contributed by atoms with Crippen LogP contribution >= 0.6 is 0 Å². The minimum Gasteiger partial charge on any atom is -0.480 e. The van der Waals surface area contributed by atoms with Crippen molar-refractivity contribution in [2.75, 3.05) is 13.2 Å². The molecule has 0 aromatic rings. The molecule has 1 N–H and O–H groups in total. The molecule has 0 radical (unpaired) electrons. The molecule has 2 amide bonds. The normalized spacial score (nSPS) is 24.1. The highest BCUT2D eigenvalue weighted by Gasteiger charge is 2.42. The highest BCUT2D eigenvalue weighted by Crippen LogP contribution is 2.30. The van der Waals surface area contributed by atoms with Crippen LogP contribution in [0.1, 0.15) is 32.1 Å². The summed E-state index contributed by atoms with van der Waals surface area (Å²) in [5.74, 6) is -2.29. The first-order valence-corrected chi connectivity index (χ1v) is 6.26. The monoisotopic (exact) mass is 255 g/mol. The van der Waals surface area contributed by atoms with Gasteiger partial charge in [0.1, 0.15) is 19.3 Å². The van der Waals surface area contributed by atoms with Crippen molar-refractivity contribution in [1.82, 2.24) is 4.90 Å². The van der Waals surface area contributed by atoms with Crippen LogP contribution in [0.3, 0.4) is 0 Å². The van der Waals surface area contributed by atoms with E-state index in [2.05, 4.69) is 0 Å². The van der Waals surface area contributed by atoms with Gasteiger partial charge in [0, 0.05) is 0 Å². The molecule has 0 bridgehead atoms. The lowest BCUT2D eigenvalue weighted by atomic mass is 9.83. The zero-order valence-electron chi connectivity index (χ0n) is 10.1. The van der Waals surface area contributed by atoms with Crippen LogP contribution < -0.4 is 0 Å². The molecule has 1 heterocycles. The third-order valence-corrected chi connectivity index (χ3v) is 3.62. The predicted molar refractivity (Wildman–Crippen MR) is 60.7 cm³/mol. The number of nitrogens with zero attached hydrogens (tertiary/aromatic N) is 1. The lowest BCUT2D eigenvalue weighted by molar-refractivity contribution is -0.170. The summed E-state index contributed by atoms with van der Waals surface area (Å²) in [5, 5.41) is 9.33. The molecule has 0 aromatic carbocycles. The highest BCUT2D eigenvalue weighted by atomic mass is 16.5. The van der Waals surface area contributed by atoms with Gasteiger partial charge in [0.25, 0.3) is 11.8 Å². The molecule has 100 valence electrons. The lowest BCUT2D eigenvalue weighted by Crippen LogP contribution is -2.57. The minimum absolute atomic E-state index is 0.123. The number of carbonyl (C=O) groups excluding carboxylic acids is 2. The maximum Gasteiger partial charge on any atom is 0.327 e. The van der Waals surface area contributed by atoms with E-state index in [1.54, 1.807) is 0 Å². The van der Waals surface area contributed by atoms with Crippen LogP contribution in [0, 0.1) is 5.92 Å². The summed E-state index contributed by atoms with van der Waals surface area (Å²) < 4.78 is 4.81. The molecule has 1 aliphatic heterocycles. The number of ether oxygens (including phenoxy) is 1. The fraction of sp³-hybridized carbons (Fsp3) is 0.750. The first kappa shape index (κ1) is 13.0. The fourth-order valence-electron chi connectivity index (χ4n) is 2.79. The summed E-state index contributed by atoms with van der Waals surface area (Å²) >= 11 is 0. The number of hydrogen-bond donors (Lipinski definition) is 1. The van der Waals surface area contributed by atoms with E-state index in [1.807, 2.05) is 0 Å². The Kier molecular flexibility index (Phi) is 3.96. The van der Waals surface area contributed by atoms with Crippen molar-refractivity contribution >= 4 is 17.8 Å². The van der Waals surface area contributed by atoms with Crippen molar-refractivity contribution in [2.45, 2.75) is 38.1 Å². The van der Waals surface area contributed by atoms with Gasteiger partial charge in [-0.25, -0.2) is 4.79 Å². The second kappa shape index (κ2) is 5.48. The highest BCUT2D eigenvalue weighted by molar-refractivity contribution is 6.01. The molecule has 1 saturated carbocycles. The van der Waals surface area contributed by atoms with Gasteiger partial charge in [-0.15, -0.1) is 0 Å². The van der Waals surface area contributed by atoms with Gasteiger partial charge < -0.3 is 9.84 Å². The van der Waals surface area contributed by atoms with E-state index in [0.29, 0.717) is 0 Å². The summed E-state index contributed by atoms with van der Waals surface area (Å²) in [5.41, 5.74) is 0. The van der Waals surface area contributed by atoms with Crippen molar-refractivity contribution in [1.29, 1.82) is 0 Å². The molecular weight excluding hydrogens is 238 g/mol. The number of hydrogen-bond acceptors (Lipinski definition) is 4. The third kappa shape index (κ3) is 2.53. The number of amides is 2. The molecule has 0 aromatic heterocycles. The van der Waals surface area contributed by atoms with Crippen LogP contribution in [-0.2, 0) is 19.1 Å². The lowest BCUT2D eigenvalue weighted by Gasteiger charge is -2.36. The quantitative estimate of drug-likeness (QED) is 0.738. The average Bonchev–Trinajstić information content (AvgIpc) is 2.34. The Morgan fingerprint density at radius 1 is 1.17 bits per heavy atom.